The highest BCUT2D eigenvalue weighted by Crippen LogP contribution is 2.50. The lowest BCUT2D eigenvalue weighted by Crippen LogP contribution is -2.56. The Bertz CT molecular complexity index is 1160. The van der Waals surface area contributed by atoms with Crippen LogP contribution in [0.4, 0.5) is 0 Å². The molecule has 4 heterocycles. The van der Waals surface area contributed by atoms with Gasteiger partial charge in [0, 0.05) is 48.2 Å². The van der Waals surface area contributed by atoms with Gasteiger partial charge in [0.25, 0.3) is 0 Å². The Morgan fingerprint density at radius 2 is 1.82 bits per heavy atom. The number of rotatable bonds is 3. The zero-order chi connectivity index (χ0) is 22.5. The van der Waals surface area contributed by atoms with Crippen LogP contribution in [0.2, 0.25) is 0 Å². The van der Waals surface area contributed by atoms with Crippen LogP contribution in [0.5, 0.6) is 0 Å². The second-order valence-electron chi connectivity index (χ2n) is 9.76. The SMILES string of the molecule is COC(=O)[C@@H]1Cc2c([nH]c3ccccc23)[C@H]2C[C@@H](N3CC[C@@H](O)C3)C[C@@H](c3ccccc3)N21. The second-order valence-corrected chi connectivity index (χ2v) is 9.76. The highest BCUT2D eigenvalue weighted by Gasteiger charge is 2.49. The maximum Gasteiger partial charge on any atom is 0.323 e. The number of carbonyl (C=O) groups excluding carboxylic acids is 1. The van der Waals surface area contributed by atoms with Crippen molar-refractivity contribution in [1.82, 2.24) is 14.8 Å². The smallest absolute Gasteiger partial charge is 0.323 e. The molecule has 2 saturated heterocycles. The Balaban J connectivity index is 1.49. The van der Waals surface area contributed by atoms with E-state index in [9.17, 15) is 9.90 Å². The third-order valence-electron chi connectivity index (χ3n) is 8.02. The summed E-state index contributed by atoms with van der Waals surface area (Å²) in [4.78, 5) is 21.7. The Morgan fingerprint density at radius 3 is 2.58 bits per heavy atom. The van der Waals surface area contributed by atoms with E-state index in [4.69, 9.17) is 4.74 Å². The molecule has 3 aromatic rings. The first-order valence-electron chi connectivity index (χ1n) is 12.1. The molecule has 0 amide bonds. The number of aliphatic hydroxyl groups is 1. The van der Waals surface area contributed by atoms with E-state index in [0.717, 1.165) is 37.9 Å². The number of nitrogens with one attached hydrogen (secondary N) is 1. The summed E-state index contributed by atoms with van der Waals surface area (Å²) >= 11 is 0. The predicted molar refractivity (Wildman–Crippen MR) is 127 cm³/mol. The molecule has 0 radical (unpaired) electrons. The molecular weight excluding hydrogens is 414 g/mol. The van der Waals surface area contributed by atoms with Gasteiger partial charge in [-0.2, -0.15) is 0 Å². The van der Waals surface area contributed by atoms with Gasteiger partial charge in [-0.3, -0.25) is 14.6 Å². The van der Waals surface area contributed by atoms with Gasteiger partial charge in [-0.15, -0.1) is 0 Å². The summed E-state index contributed by atoms with van der Waals surface area (Å²) in [5.74, 6) is -0.160. The normalized spacial score (nSPS) is 30.2. The molecule has 172 valence electrons. The average Bonchev–Trinajstić information content (AvgIpc) is 3.46. The molecule has 0 bridgehead atoms. The Labute approximate surface area is 194 Å². The molecule has 6 nitrogen and oxygen atoms in total. The van der Waals surface area contributed by atoms with Crippen LogP contribution in [-0.2, 0) is 16.0 Å². The molecular formula is C27H31N3O3. The minimum atomic E-state index is -0.318. The molecule has 0 saturated carbocycles. The lowest BCUT2D eigenvalue weighted by Gasteiger charge is -2.52. The second kappa shape index (κ2) is 8.28. The first kappa shape index (κ1) is 20.9. The Hall–Kier alpha value is -2.67. The predicted octanol–water partition coefficient (Wildman–Crippen LogP) is 3.58. The average molecular weight is 446 g/mol. The topological polar surface area (TPSA) is 68.8 Å². The first-order chi connectivity index (χ1) is 16.1. The van der Waals surface area contributed by atoms with Gasteiger partial charge < -0.3 is 14.8 Å². The molecule has 3 aliphatic heterocycles. The van der Waals surface area contributed by atoms with E-state index in [-0.39, 0.29) is 30.2 Å². The number of para-hydroxylation sites is 1. The van der Waals surface area contributed by atoms with Crippen LogP contribution in [0.25, 0.3) is 10.9 Å². The number of fused-ring (bicyclic) bond motifs is 5. The summed E-state index contributed by atoms with van der Waals surface area (Å²) in [5, 5.41) is 11.4. The van der Waals surface area contributed by atoms with Gasteiger partial charge in [0.05, 0.1) is 19.3 Å². The van der Waals surface area contributed by atoms with Gasteiger partial charge in [-0.05, 0) is 36.5 Å². The zero-order valence-electron chi connectivity index (χ0n) is 19.0. The van der Waals surface area contributed by atoms with Crippen molar-refractivity contribution >= 4 is 16.9 Å². The highest BCUT2D eigenvalue weighted by atomic mass is 16.5. The lowest BCUT2D eigenvalue weighted by atomic mass is 9.79. The molecule has 2 aromatic carbocycles. The maximum atomic E-state index is 13.1. The largest absolute Gasteiger partial charge is 0.468 e. The Kier molecular flexibility index (Phi) is 5.24. The van der Waals surface area contributed by atoms with Gasteiger partial charge in [-0.1, -0.05) is 48.5 Å². The van der Waals surface area contributed by atoms with Crippen LogP contribution in [0, 0.1) is 0 Å². The summed E-state index contributed by atoms with van der Waals surface area (Å²) in [7, 11) is 1.50. The van der Waals surface area contributed by atoms with Crippen molar-refractivity contribution in [3.05, 3.63) is 71.4 Å². The zero-order valence-corrected chi connectivity index (χ0v) is 19.0. The van der Waals surface area contributed by atoms with Crippen molar-refractivity contribution in [3.8, 4) is 0 Å². The number of esters is 1. The molecule has 6 rings (SSSR count). The number of hydrogen-bond donors (Lipinski definition) is 2. The number of aromatic nitrogens is 1. The number of piperidine rings is 1. The first-order valence-corrected chi connectivity index (χ1v) is 12.1. The van der Waals surface area contributed by atoms with Crippen LogP contribution in [0.15, 0.2) is 54.6 Å². The van der Waals surface area contributed by atoms with E-state index in [0.29, 0.717) is 12.5 Å². The molecule has 6 heteroatoms. The lowest BCUT2D eigenvalue weighted by molar-refractivity contribution is -0.152. The van der Waals surface area contributed by atoms with Crippen molar-refractivity contribution in [2.75, 3.05) is 20.2 Å². The standard InChI is InChI=1S/C27H31N3O3/c1-33-27(32)25-15-21-20-9-5-6-10-22(20)28-26(21)24-14-18(29-12-11-19(31)16-29)13-23(30(24)25)17-7-3-2-4-8-17/h2-10,18-19,23-25,28,31H,11-16H2,1H3/t18-,19+,23-,24+,25-/m0/s1. The summed E-state index contributed by atoms with van der Waals surface area (Å²) in [5.41, 5.74) is 4.85. The Morgan fingerprint density at radius 1 is 1.06 bits per heavy atom. The minimum absolute atomic E-state index is 0.0898. The number of methoxy groups -OCH3 is 1. The number of benzene rings is 2. The number of aliphatic hydroxyl groups excluding tert-OH is 1. The van der Waals surface area contributed by atoms with Crippen LogP contribution in [0.1, 0.15) is 48.2 Å². The van der Waals surface area contributed by atoms with E-state index in [1.165, 1.54) is 29.3 Å². The van der Waals surface area contributed by atoms with Gasteiger partial charge in [0.15, 0.2) is 0 Å². The fourth-order valence-electron chi connectivity index (χ4n) is 6.52. The van der Waals surface area contributed by atoms with E-state index < -0.39 is 0 Å². The van der Waals surface area contributed by atoms with E-state index in [2.05, 4.69) is 63.3 Å². The quantitative estimate of drug-likeness (QED) is 0.603. The van der Waals surface area contributed by atoms with Crippen molar-refractivity contribution in [2.45, 2.75) is 56.0 Å². The van der Waals surface area contributed by atoms with Crippen molar-refractivity contribution in [1.29, 1.82) is 0 Å². The molecule has 0 spiro atoms. The third-order valence-corrected chi connectivity index (χ3v) is 8.02. The van der Waals surface area contributed by atoms with E-state index in [1.54, 1.807) is 0 Å². The molecule has 0 unspecified atom stereocenters. The van der Waals surface area contributed by atoms with E-state index in [1.807, 2.05) is 6.07 Å². The minimum Gasteiger partial charge on any atom is -0.468 e. The van der Waals surface area contributed by atoms with Gasteiger partial charge >= 0.3 is 5.97 Å². The molecule has 3 aliphatic rings. The van der Waals surface area contributed by atoms with Crippen molar-refractivity contribution in [2.24, 2.45) is 0 Å². The number of H-pyrrole nitrogens is 1. The number of ether oxygens (including phenoxy) is 1. The van der Waals surface area contributed by atoms with Crippen LogP contribution >= 0.6 is 0 Å². The number of nitrogens with zero attached hydrogens (tertiary/aromatic N) is 2. The summed E-state index contributed by atoms with van der Waals surface area (Å²) in [6, 6.07) is 19.2. The number of likely N-dealkylation sites (tertiary alicyclic amines) is 1. The molecule has 2 N–H and O–H groups in total. The van der Waals surface area contributed by atoms with Crippen LogP contribution in [0.3, 0.4) is 0 Å². The summed E-state index contributed by atoms with van der Waals surface area (Å²) in [6.45, 7) is 1.67. The summed E-state index contributed by atoms with van der Waals surface area (Å²) in [6.07, 6.45) is 3.12. The van der Waals surface area contributed by atoms with Gasteiger partial charge in [0.1, 0.15) is 6.04 Å². The number of β-amino-alcohol motifs (C(OH)–C–C–N with tert-alkyl or cyclic N) is 1. The van der Waals surface area contributed by atoms with Gasteiger partial charge in [0.2, 0.25) is 0 Å². The van der Waals surface area contributed by atoms with Crippen molar-refractivity contribution in [3.63, 3.8) is 0 Å². The molecule has 0 aliphatic carbocycles. The van der Waals surface area contributed by atoms with Crippen LogP contribution < -0.4 is 0 Å². The monoisotopic (exact) mass is 445 g/mol. The number of hydrogen-bond acceptors (Lipinski definition) is 5. The molecule has 5 atom stereocenters. The maximum absolute atomic E-state index is 13.1. The highest BCUT2D eigenvalue weighted by molar-refractivity contribution is 5.87. The fourth-order valence-corrected chi connectivity index (χ4v) is 6.52. The fraction of sp³-hybridized carbons (Fsp3) is 0.444. The third kappa shape index (κ3) is 3.48. The number of carbonyl (C=O) groups is 1. The summed E-state index contributed by atoms with van der Waals surface area (Å²) < 4.78 is 5.33. The molecule has 33 heavy (non-hydrogen) atoms. The van der Waals surface area contributed by atoms with Crippen LogP contribution in [-0.4, -0.2) is 64.2 Å². The molecule has 1 aromatic heterocycles. The molecule has 2 fully saturated rings. The number of aromatic amines is 1. The van der Waals surface area contributed by atoms with Crippen molar-refractivity contribution < 1.29 is 14.6 Å². The van der Waals surface area contributed by atoms with Gasteiger partial charge in [-0.25, -0.2) is 0 Å². The van der Waals surface area contributed by atoms with E-state index >= 15 is 0 Å².